The molecule has 0 saturated heterocycles. The van der Waals surface area contributed by atoms with Gasteiger partial charge in [0.15, 0.2) is 11.4 Å². The molecule has 0 atom stereocenters. The number of aromatic nitrogens is 3. The second-order valence-corrected chi connectivity index (χ2v) is 6.70. The number of nitrogens with zero attached hydrogens (tertiary/aromatic N) is 3. The van der Waals surface area contributed by atoms with E-state index in [2.05, 4.69) is 20.9 Å². The predicted molar refractivity (Wildman–Crippen MR) is 93.6 cm³/mol. The first-order valence-corrected chi connectivity index (χ1v) is 9.12. The van der Waals surface area contributed by atoms with E-state index in [1.54, 1.807) is 0 Å². The molecular formula is C18H19F4N5O2. The standard InChI is InChI=1S/C18H19F4N5O2/c19-12-6-3-7-13(10-12)27-15(18(20,21)22)14(25-26-27)17(29)24-9-8-23-16(28)11-4-1-2-5-11/h3,6-7,10-11H,1-2,4-5,8-9H2,(H,23,28)(H,24,29). The summed E-state index contributed by atoms with van der Waals surface area (Å²) in [6.07, 6.45) is -1.32. The summed E-state index contributed by atoms with van der Waals surface area (Å²) in [7, 11) is 0. The van der Waals surface area contributed by atoms with Gasteiger partial charge in [0.25, 0.3) is 5.91 Å². The van der Waals surface area contributed by atoms with Crippen LogP contribution in [0.15, 0.2) is 24.3 Å². The molecule has 11 heteroatoms. The number of carbonyl (C=O) groups is 2. The molecule has 0 unspecified atom stereocenters. The van der Waals surface area contributed by atoms with Crippen LogP contribution in [0.25, 0.3) is 5.69 Å². The number of carbonyl (C=O) groups excluding carboxylic acids is 2. The third-order valence-corrected chi connectivity index (χ3v) is 4.64. The zero-order valence-corrected chi connectivity index (χ0v) is 15.3. The Morgan fingerprint density at radius 2 is 1.83 bits per heavy atom. The zero-order valence-electron chi connectivity index (χ0n) is 15.3. The molecule has 2 N–H and O–H groups in total. The van der Waals surface area contributed by atoms with Gasteiger partial charge in [0.05, 0.1) is 5.69 Å². The van der Waals surface area contributed by atoms with E-state index in [0.717, 1.165) is 37.8 Å². The Bertz CT molecular complexity index is 891. The van der Waals surface area contributed by atoms with E-state index in [1.807, 2.05) is 0 Å². The lowest BCUT2D eigenvalue weighted by atomic mass is 10.1. The fourth-order valence-corrected chi connectivity index (χ4v) is 3.26. The molecule has 156 valence electrons. The summed E-state index contributed by atoms with van der Waals surface area (Å²) in [5.41, 5.74) is -2.55. The largest absolute Gasteiger partial charge is 0.435 e. The number of rotatable bonds is 6. The van der Waals surface area contributed by atoms with Crippen molar-refractivity contribution in [3.63, 3.8) is 0 Å². The Kier molecular flexibility index (Phi) is 6.14. The van der Waals surface area contributed by atoms with Crippen LogP contribution in [0.3, 0.4) is 0 Å². The van der Waals surface area contributed by atoms with E-state index < -0.39 is 29.3 Å². The third kappa shape index (κ3) is 4.90. The molecule has 29 heavy (non-hydrogen) atoms. The first-order chi connectivity index (χ1) is 13.8. The summed E-state index contributed by atoms with van der Waals surface area (Å²) >= 11 is 0. The Morgan fingerprint density at radius 3 is 2.48 bits per heavy atom. The molecule has 0 spiro atoms. The van der Waals surface area contributed by atoms with E-state index in [1.165, 1.54) is 12.1 Å². The van der Waals surface area contributed by atoms with E-state index in [0.29, 0.717) is 4.68 Å². The van der Waals surface area contributed by atoms with E-state index in [-0.39, 0.29) is 30.6 Å². The fraction of sp³-hybridized carbons (Fsp3) is 0.444. The number of hydrogen-bond donors (Lipinski definition) is 2. The van der Waals surface area contributed by atoms with Crippen LogP contribution in [0.5, 0.6) is 0 Å². The highest BCUT2D eigenvalue weighted by molar-refractivity contribution is 5.93. The highest BCUT2D eigenvalue weighted by Gasteiger charge is 2.42. The van der Waals surface area contributed by atoms with Gasteiger partial charge in [-0.3, -0.25) is 9.59 Å². The van der Waals surface area contributed by atoms with Gasteiger partial charge in [0.2, 0.25) is 5.91 Å². The van der Waals surface area contributed by atoms with Crippen molar-refractivity contribution in [2.24, 2.45) is 5.92 Å². The maximum atomic E-state index is 13.5. The molecule has 3 rings (SSSR count). The predicted octanol–water partition coefficient (Wildman–Crippen LogP) is 2.46. The van der Waals surface area contributed by atoms with Crippen molar-refractivity contribution in [2.45, 2.75) is 31.9 Å². The van der Waals surface area contributed by atoms with Crippen LogP contribution in [0.2, 0.25) is 0 Å². The van der Waals surface area contributed by atoms with Gasteiger partial charge in [0.1, 0.15) is 5.82 Å². The molecule has 1 aromatic carbocycles. The van der Waals surface area contributed by atoms with Crippen molar-refractivity contribution in [1.29, 1.82) is 0 Å². The molecule has 1 fully saturated rings. The summed E-state index contributed by atoms with van der Waals surface area (Å²) in [4.78, 5) is 24.1. The molecular weight excluding hydrogens is 394 g/mol. The molecule has 0 aliphatic heterocycles. The van der Waals surface area contributed by atoms with E-state index >= 15 is 0 Å². The monoisotopic (exact) mass is 413 g/mol. The number of hydrogen-bond acceptors (Lipinski definition) is 4. The number of alkyl halides is 3. The first-order valence-electron chi connectivity index (χ1n) is 9.12. The number of amides is 2. The van der Waals surface area contributed by atoms with E-state index in [4.69, 9.17) is 0 Å². The van der Waals surface area contributed by atoms with Crippen LogP contribution in [0.4, 0.5) is 17.6 Å². The van der Waals surface area contributed by atoms with Gasteiger partial charge in [0, 0.05) is 19.0 Å². The van der Waals surface area contributed by atoms with Gasteiger partial charge in [-0.2, -0.15) is 13.2 Å². The van der Waals surface area contributed by atoms with Crippen LogP contribution >= 0.6 is 0 Å². The normalized spacial score (nSPS) is 14.8. The van der Waals surface area contributed by atoms with Crippen molar-refractivity contribution < 1.29 is 27.2 Å². The maximum Gasteiger partial charge on any atom is 0.435 e. The van der Waals surface area contributed by atoms with Crippen LogP contribution in [0, 0.1) is 11.7 Å². The lowest BCUT2D eigenvalue weighted by Crippen LogP contribution is -2.37. The number of halogens is 4. The summed E-state index contributed by atoms with van der Waals surface area (Å²) in [6, 6.07) is 4.36. The summed E-state index contributed by atoms with van der Waals surface area (Å²) < 4.78 is 54.3. The molecule has 0 radical (unpaired) electrons. The fourth-order valence-electron chi connectivity index (χ4n) is 3.26. The smallest absolute Gasteiger partial charge is 0.354 e. The number of benzene rings is 1. The molecule has 1 heterocycles. The van der Waals surface area contributed by atoms with Crippen LogP contribution in [-0.4, -0.2) is 39.9 Å². The van der Waals surface area contributed by atoms with Crippen molar-refractivity contribution >= 4 is 11.8 Å². The van der Waals surface area contributed by atoms with Crippen LogP contribution < -0.4 is 10.6 Å². The van der Waals surface area contributed by atoms with Gasteiger partial charge >= 0.3 is 6.18 Å². The van der Waals surface area contributed by atoms with Gasteiger partial charge in [-0.25, -0.2) is 9.07 Å². The molecule has 7 nitrogen and oxygen atoms in total. The minimum absolute atomic E-state index is 0.0475. The summed E-state index contributed by atoms with van der Waals surface area (Å²) in [5, 5.41) is 11.7. The maximum absolute atomic E-state index is 13.5. The molecule has 2 amide bonds. The van der Waals surface area contributed by atoms with Gasteiger partial charge in [-0.1, -0.05) is 24.1 Å². The summed E-state index contributed by atoms with van der Waals surface area (Å²) in [6.45, 7) is 0.0157. The first kappa shape index (κ1) is 20.7. The minimum atomic E-state index is -4.95. The highest BCUT2D eigenvalue weighted by Crippen LogP contribution is 2.32. The van der Waals surface area contributed by atoms with Gasteiger partial charge in [-0.15, -0.1) is 5.10 Å². The highest BCUT2D eigenvalue weighted by atomic mass is 19.4. The quantitative estimate of drug-likeness (QED) is 0.563. The van der Waals surface area contributed by atoms with Crippen molar-refractivity contribution in [2.75, 3.05) is 13.1 Å². The molecule has 1 aliphatic carbocycles. The lowest BCUT2D eigenvalue weighted by molar-refractivity contribution is -0.143. The van der Waals surface area contributed by atoms with E-state index in [9.17, 15) is 27.2 Å². The Balaban J connectivity index is 1.68. The van der Waals surface area contributed by atoms with Crippen molar-refractivity contribution in [3.05, 3.63) is 41.5 Å². The number of nitrogens with one attached hydrogen (secondary N) is 2. The third-order valence-electron chi connectivity index (χ3n) is 4.64. The van der Waals surface area contributed by atoms with Crippen LogP contribution in [0.1, 0.15) is 41.9 Å². The molecule has 0 bridgehead atoms. The van der Waals surface area contributed by atoms with Crippen molar-refractivity contribution in [1.82, 2.24) is 25.6 Å². The second-order valence-electron chi connectivity index (χ2n) is 6.70. The Labute approximate surface area is 163 Å². The summed E-state index contributed by atoms with van der Waals surface area (Å²) in [5.74, 6) is -2.01. The Hall–Kier alpha value is -2.98. The molecule has 2 aromatic rings. The average Bonchev–Trinajstić information content (AvgIpc) is 3.34. The molecule has 1 aliphatic rings. The second kappa shape index (κ2) is 8.58. The molecule has 1 aromatic heterocycles. The Morgan fingerprint density at radius 1 is 1.14 bits per heavy atom. The van der Waals surface area contributed by atoms with Gasteiger partial charge in [-0.05, 0) is 31.0 Å². The van der Waals surface area contributed by atoms with Crippen LogP contribution in [-0.2, 0) is 11.0 Å². The topological polar surface area (TPSA) is 88.9 Å². The lowest BCUT2D eigenvalue weighted by Gasteiger charge is -2.12. The minimum Gasteiger partial charge on any atom is -0.354 e. The van der Waals surface area contributed by atoms with Gasteiger partial charge < -0.3 is 10.6 Å². The molecule has 1 saturated carbocycles. The van der Waals surface area contributed by atoms with Crippen molar-refractivity contribution in [3.8, 4) is 5.69 Å². The zero-order chi connectivity index (χ0) is 21.0. The SMILES string of the molecule is O=C(NCCNC(=O)C1CCCC1)c1nnn(-c2cccc(F)c2)c1C(F)(F)F. The average molecular weight is 413 g/mol.